The Morgan fingerprint density at radius 3 is 2.65 bits per heavy atom. The van der Waals surface area contributed by atoms with Crippen molar-refractivity contribution in [2.75, 3.05) is 0 Å². The molecule has 1 aromatic carbocycles. The third kappa shape index (κ3) is 2.57. The molecule has 0 aliphatic heterocycles. The molecule has 20 heavy (non-hydrogen) atoms. The second-order valence-electron chi connectivity index (χ2n) is 4.35. The van der Waals surface area contributed by atoms with Gasteiger partial charge in [-0.25, -0.2) is 4.98 Å². The van der Waals surface area contributed by atoms with Crippen molar-refractivity contribution in [3.8, 4) is 10.6 Å². The lowest BCUT2D eigenvalue weighted by atomic mass is 10.1. The fourth-order valence-electron chi connectivity index (χ4n) is 1.91. The molecule has 100 valence electrons. The topological polar surface area (TPSA) is 30.0 Å². The zero-order chi connectivity index (χ0) is 13.9. The maximum Gasteiger partial charge on any atom is 0.221 e. The van der Waals surface area contributed by atoms with Crippen LogP contribution in [0.4, 0.5) is 0 Å². The number of aryl methyl sites for hydroxylation is 1. The highest BCUT2D eigenvalue weighted by molar-refractivity contribution is 7.16. The minimum absolute atomic E-state index is 0.00544. The number of rotatable bonds is 4. The van der Waals surface area contributed by atoms with Gasteiger partial charge in [-0.15, -0.1) is 22.7 Å². The Balaban J connectivity index is 1.89. The smallest absolute Gasteiger partial charge is 0.221 e. The number of carbonyl (C=O) groups excluding carboxylic acids is 1. The highest BCUT2D eigenvalue weighted by Gasteiger charge is 2.14. The molecule has 0 saturated heterocycles. The number of hydrogen-bond acceptors (Lipinski definition) is 4. The highest BCUT2D eigenvalue weighted by Crippen LogP contribution is 2.30. The first-order chi connectivity index (χ1) is 9.78. The van der Waals surface area contributed by atoms with Gasteiger partial charge in [-0.2, -0.15) is 0 Å². The molecule has 0 aliphatic rings. The number of carbonyl (C=O) groups is 1. The van der Waals surface area contributed by atoms with Crippen LogP contribution < -0.4 is 0 Å². The highest BCUT2D eigenvalue weighted by atomic mass is 32.1. The van der Waals surface area contributed by atoms with Crippen LogP contribution in [0, 0.1) is 0 Å². The molecule has 2 nitrogen and oxygen atoms in total. The fraction of sp³-hybridized carbons (Fsp3) is 0.125. The molecule has 0 fully saturated rings. The van der Waals surface area contributed by atoms with Crippen molar-refractivity contribution in [1.82, 2.24) is 4.98 Å². The predicted octanol–water partition coefficient (Wildman–Crippen LogP) is 4.67. The normalized spacial score (nSPS) is 10.7. The van der Waals surface area contributed by atoms with Crippen LogP contribution in [0.2, 0.25) is 0 Å². The lowest BCUT2D eigenvalue weighted by molar-refractivity contribution is 0.103. The van der Waals surface area contributed by atoms with Gasteiger partial charge in [0.15, 0.2) is 5.01 Å². The molecule has 0 atom stereocenters. The van der Waals surface area contributed by atoms with Gasteiger partial charge in [0, 0.05) is 15.8 Å². The van der Waals surface area contributed by atoms with E-state index >= 15 is 0 Å². The van der Waals surface area contributed by atoms with Crippen LogP contribution in [0.5, 0.6) is 0 Å². The van der Waals surface area contributed by atoms with E-state index in [1.165, 1.54) is 16.2 Å². The Kier molecular flexibility index (Phi) is 3.76. The number of benzene rings is 1. The number of nitrogens with zero attached hydrogens (tertiary/aromatic N) is 1. The van der Waals surface area contributed by atoms with Crippen molar-refractivity contribution < 1.29 is 4.79 Å². The Morgan fingerprint density at radius 2 is 1.95 bits per heavy atom. The number of hydrogen-bond donors (Lipinski definition) is 0. The van der Waals surface area contributed by atoms with Gasteiger partial charge in [-0.1, -0.05) is 37.3 Å². The van der Waals surface area contributed by atoms with Crippen molar-refractivity contribution >= 4 is 28.5 Å². The molecule has 0 saturated carbocycles. The number of aromatic nitrogens is 1. The number of ketones is 1. The van der Waals surface area contributed by atoms with Crippen molar-refractivity contribution in [2.24, 2.45) is 0 Å². The standard InChI is InChI=1S/C16H13NOS2/c1-2-12-8-9-14(20-12)13-10-19-16(17-13)15(18)11-6-4-3-5-7-11/h3-10H,2H2,1H3. The molecule has 2 aromatic heterocycles. The molecule has 0 amide bonds. The molecule has 0 spiro atoms. The summed E-state index contributed by atoms with van der Waals surface area (Å²) in [5, 5.41) is 2.51. The Labute approximate surface area is 125 Å². The molecule has 0 aliphatic carbocycles. The molecule has 3 rings (SSSR count). The van der Waals surface area contributed by atoms with E-state index in [9.17, 15) is 4.79 Å². The molecule has 3 aromatic rings. The predicted molar refractivity (Wildman–Crippen MR) is 84.7 cm³/mol. The van der Waals surface area contributed by atoms with E-state index < -0.39 is 0 Å². The van der Waals surface area contributed by atoms with Crippen molar-refractivity contribution in [3.63, 3.8) is 0 Å². The van der Waals surface area contributed by atoms with Gasteiger partial charge in [0.05, 0.1) is 10.6 Å². The average Bonchev–Trinajstić information content (AvgIpc) is 3.16. The van der Waals surface area contributed by atoms with Gasteiger partial charge in [-0.05, 0) is 18.6 Å². The monoisotopic (exact) mass is 299 g/mol. The average molecular weight is 299 g/mol. The molecule has 0 N–H and O–H groups in total. The Morgan fingerprint density at radius 1 is 1.15 bits per heavy atom. The lowest BCUT2D eigenvalue weighted by Crippen LogP contribution is -1.99. The molecule has 0 radical (unpaired) electrons. The summed E-state index contributed by atoms with van der Waals surface area (Å²) >= 11 is 3.15. The Hall–Kier alpha value is -1.78. The zero-order valence-corrected chi connectivity index (χ0v) is 12.6. The summed E-state index contributed by atoms with van der Waals surface area (Å²) in [6, 6.07) is 13.5. The van der Waals surface area contributed by atoms with Gasteiger partial charge in [0.2, 0.25) is 5.78 Å². The van der Waals surface area contributed by atoms with Crippen LogP contribution in [-0.2, 0) is 6.42 Å². The Bertz CT molecular complexity index is 728. The van der Waals surface area contributed by atoms with Gasteiger partial charge in [-0.3, -0.25) is 4.79 Å². The third-order valence-electron chi connectivity index (χ3n) is 3.00. The van der Waals surface area contributed by atoms with Gasteiger partial charge < -0.3 is 0 Å². The molecule has 4 heteroatoms. The van der Waals surface area contributed by atoms with E-state index in [0.29, 0.717) is 10.6 Å². The summed E-state index contributed by atoms with van der Waals surface area (Å²) in [5.41, 5.74) is 1.59. The van der Waals surface area contributed by atoms with Gasteiger partial charge >= 0.3 is 0 Å². The third-order valence-corrected chi connectivity index (χ3v) is 5.09. The maximum atomic E-state index is 12.3. The van der Waals surface area contributed by atoms with E-state index in [1.54, 1.807) is 11.3 Å². The van der Waals surface area contributed by atoms with Crippen LogP contribution >= 0.6 is 22.7 Å². The summed E-state index contributed by atoms with van der Waals surface area (Å²) in [6.07, 6.45) is 1.03. The van der Waals surface area contributed by atoms with Crippen LogP contribution in [0.25, 0.3) is 10.6 Å². The SMILES string of the molecule is CCc1ccc(-c2csc(C(=O)c3ccccc3)n2)s1. The fourth-order valence-corrected chi connectivity index (χ4v) is 3.67. The first-order valence-corrected chi connectivity index (χ1v) is 8.12. The first kappa shape index (κ1) is 13.2. The molecule has 0 unspecified atom stereocenters. The van der Waals surface area contributed by atoms with Crippen LogP contribution in [0.1, 0.15) is 27.2 Å². The van der Waals surface area contributed by atoms with E-state index in [-0.39, 0.29) is 5.78 Å². The first-order valence-electron chi connectivity index (χ1n) is 6.42. The minimum atomic E-state index is -0.00544. The summed E-state index contributed by atoms with van der Waals surface area (Å²) < 4.78 is 0. The zero-order valence-electron chi connectivity index (χ0n) is 11.0. The largest absolute Gasteiger partial charge is 0.286 e. The van der Waals surface area contributed by atoms with E-state index in [0.717, 1.165) is 17.0 Å². The molecule has 0 bridgehead atoms. The molecule has 2 heterocycles. The molecular weight excluding hydrogens is 286 g/mol. The second-order valence-corrected chi connectivity index (χ2v) is 6.38. The summed E-state index contributed by atoms with van der Waals surface area (Å²) in [5.74, 6) is -0.00544. The van der Waals surface area contributed by atoms with Gasteiger partial charge in [0.1, 0.15) is 0 Å². The summed E-state index contributed by atoms with van der Waals surface area (Å²) in [6.45, 7) is 2.14. The second kappa shape index (κ2) is 5.69. The van der Waals surface area contributed by atoms with E-state index in [2.05, 4.69) is 24.0 Å². The number of thiazole rings is 1. The van der Waals surface area contributed by atoms with E-state index in [1.807, 2.05) is 35.7 Å². The van der Waals surface area contributed by atoms with Crippen LogP contribution in [0.15, 0.2) is 47.8 Å². The quantitative estimate of drug-likeness (QED) is 0.656. The van der Waals surface area contributed by atoms with Crippen molar-refractivity contribution in [3.05, 3.63) is 63.3 Å². The maximum absolute atomic E-state index is 12.3. The van der Waals surface area contributed by atoms with Gasteiger partial charge in [0.25, 0.3) is 0 Å². The van der Waals surface area contributed by atoms with Crippen molar-refractivity contribution in [1.29, 1.82) is 0 Å². The van der Waals surface area contributed by atoms with Crippen LogP contribution in [0.3, 0.4) is 0 Å². The lowest BCUT2D eigenvalue weighted by Gasteiger charge is -1.95. The van der Waals surface area contributed by atoms with E-state index in [4.69, 9.17) is 0 Å². The summed E-state index contributed by atoms with van der Waals surface area (Å²) in [4.78, 5) is 19.3. The van der Waals surface area contributed by atoms with Crippen LogP contribution in [-0.4, -0.2) is 10.8 Å². The minimum Gasteiger partial charge on any atom is -0.286 e. The van der Waals surface area contributed by atoms with Crippen molar-refractivity contribution in [2.45, 2.75) is 13.3 Å². The molecular formula is C16H13NOS2. The summed E-state index contributed by atoms with van der Waals surface area (Å²) in [7, 11) is 0. The number of thiophene rings is 1.